The van der Waals surface area contributed by atoms with Crippen molar-refractivity contribution in [2.45, 2.75) is 72.4 Å². The van der Waals surface area contributed by atoms with Crippen LogP contribution in [0.4, 0.5) is 0 Å². The number of carbonyl (C=O) groups excluding carboxylic acids is 1. The topological polar surface area (TPSA) is 68.5 Å². The van der Waals surface area contributed by atoms with Gasteiger partial charge < -0.3 is 14.2 Å². The van der Waals surface area contributed by atoms with Crippen LogP contribution in [0.15, 0.2) is 47.0 Å². The molecule has 33 heavy (non-hydrogen) atoms. The van der Waals surface area contributed by atoms with Crippen LogP contribution in [-0.2, 0) is 16.8 Å². The second-order valence-electron chi connectivity index (χ2n) is 9.99. The van der Waals surface area contributed by atoms with E-state index in [0.717, 1.165) is 22.4 Å². The van der Waals surface area contributed by atoms with Crippen LogP contribution in [0, 0.1) is 6.92 Å². The minimum Gasteiger partial charge on any atom is -0.481 e. The molecule has 0 aliphatic carbocycles. The van der Waals surface area contributed by atoms with Crippen LogP contribution in [0.1, 0.15) is 70.0 Å². The van der Waals surface area contributed by atoms with Gasteiger partial charge in [-0.3, -0.25) is 4.79 Å². The highest BCUT2D eigenvalue weighted by atomic mass is 16.5. The van der Waals surface area contributed by atoms with Crippen molar-refractivity contribution in [3.63, 3.8) is 0 Å². The van der Waals surface area contributed by atoms with E-state index in [0.29, 0.717) is 17.6 Å². The first-order valence-corrected chi connectivity index (χ1v) is 11.4. The zero-order valence-corrected chi connectivity index (χ0v) is 21.0. The van der Waals surface area contributed by atoms with Crippen molar-refractivity contribution in [3.05, 3.63) is 65.0 Å². The lowest BCUT2D eigenvalue weighted by molar-refractivity contribution is -0.137. The number of likely N-dealkylation sites (N-methyl/N-ethyl adjacent to an activating group) is 1. The molecule has 3 rings (SSSR count). The molecule has 0 spiro atoms. The van der Waals surface area contributed by atoms with E-state index in [9.17, 15) is 4.79 Å². The molecule has 1 amide bonds. The van der Waals surface area contributed by atoms with E-state index in [1.165, 1.54) is 5.56 Å². The second-order valence-corrected chi connectivity index (χ2v) is 9.99. The quantitative estimate of drug-likeness (QED) is 0.450. The summed E-state index contributed by atoms with van der Waals surface area (Å²) in [5.74, 6) is 1.79. The average Bonchev–Trinajstić information content (AvgIpc) is 3.20. The van der Waals surface area contributed by atoms with Crippen molar-refractivity contribution in [2.75, 3.05) is 7.05 Å². The van der Waals surface area contributed by atoms with Crippen molar-refractivity contribution in [2.24, 2.45) is 0 Å². The van der Waals surface area contributed by atoms with Crippen molar-refractivity contribution in [1.82, 2.24) is 15.0 Å². The summed E-state index contributed by atoms with van der Waals surface area (Å²) < 4.78 is 11.5. The second kappa shape index (κ2) is 9.77. The molecule has 0 N–H and O–H groups in total. The van der Waals surface area contributed by atoms with Gasteiger partial charge in [0.1, 0.15) is 5.75 Å². The van der Waals surface area contributed by atoms with Gasteiger partial charge in [0.05, 0.1) is 6.54 Å². The number of ether oxygens (including phenoxy) is 1. The first kappa shape index (κ1) is 24.5. The Kier molecular flexibility index (Phi) is 7.25. The van der Waals surface area contributed by atoms with Crippen molar-refractivity contribution < 1.29 is 14.1 Å². The molecule has 0 radical (unpaired) electrons. The molecule has 6 nitrogen and oxygen atoms in total. The third kappa shape index (κ3) is 6.01. The molecular formula is C27H35N3O3. The molecule has 1 aromatic heterocycles. The van der Waals surface area contributed by atoms with Gasteiger partial charge in [0.2, 0.25) is 11.7 Å². The first-order chi connectivity index (χ1) is 15.5. The lowest BCUT2D eigenvalue weighted by atomic mass is 9.87. The fourth-order valence-electron chi connectivity index (χ4n) is 3.61. The maximum Gasteiger partial charge on any atom is 0.263 e. The van der Waals surface area contributed by atoms with Gasteiger partial charge in [0, 0.05) is 12.6 Å². The predicted molar refractivity (Wildman–Crippen MR) is 130 cm³/mol. The lowest BCUT2D eigenvalue weighted by Crippen LogP contribution is -2.37. The molecule has 0 fully saturated rings. The number of amides is 1. The Morgan fingerprint density at radius 3 is 2.36 bits per heavy atom. The Morgan fingerprint density at radius 2 is 1.76 bits per heavy atom. The van der Waals surface area contributed by atoms with E-state index >= 15 is 0 Å². The molecule has 0 aliphatic heterocycles. The van der Waals surface area contributed by atoms with Gasteiger partial charge in [-0.25, -0.2) is 0 Å². The summed E-state index contributed by atoms with van der Waals surface area (Å²) >= 11 is 0. The maximum atomic E-state index is 12.9. The summed E-state index contributed by atoms with van der Waals surface area (Å²) in [6, 6.07) is 14.2. The van der Waals surface area contributed by atoms with Crippen LogP contribution in [-0.4, -0.2) is 34.1 Å². The van der Waals surface area contributed by atoms with Gasteiger partial charge >= 0.3 is 0 Å². The summed E-state index contributed by atoms with van der Waals surface area (Å²) in [6.45, 7) is 14.7. The number of hydrogen-bond acceptors (Lipinski definition) is 5. The fourth-order valence-corrected chi connectivity index (χ4v) is 3.61. The number of benzene rings is 2. The van der Waals surface area contributed by atoms with Crippen LogP contribution in [0.5, 0.6) is 5.75 Å². The number of aryl methyl sites for hydroxylation is 1. The number of nitrogens with zero attached hydrogens (tertiary/aromatic N) is 3. The molecule has 2 aromatic carbocycles. The number of carbonyl (C=O) groups is 1. The Labute approximate surface area is 197 Å². The molecule has 0 saturated carbocycles. The molecule has 176 valence electrons. The van der Waals surface area contributed by atoms with Crippen LogP contribution < -0.4 is 4.74 Å². The lowest BCUT2D eigenvalue weighted by Gasteiger charge is -2.23. The summed E-state index contributed by atoms with van der Waals surface area (Å²) in [6.07, 6.45) is -0.637. The minimum atomic E-state index is -0.637. The van der Waals surface area contributed by atoms with Crippen molar-refractivity contribution >= 4 is 5.91 Å². The Morgan fingerprint density at radius 1 is 1.09 bits per heavy atom. The van der Waals surface area contributed by atoms with Gasteiger partial charge in [-0.15, -0.1) is 0 Å². The number of hydrogen-bond donors (Lipinski definition) is 0. The van der Waals surface area contributed by atoms with Crippen LogP contribution in [0.25, 0.3) is 11.4 Å². The standard InChI is InChI=1S/C27H35N3O3/c1-17(2)22-14-9-18(3)15-23(22)32-19(4)26(31)30(8)16-24-28-25(29-33-24)20-10-12-21(13-11-20)27(5,6)7/h9-15,17,19H,16H2,1-8H3/t19-/m0/s1. The minimum absolute atomic E-state index is 0.0805. The zero-order valence-electron chi connectivity index (χ0n) is 21.0. The highest BCUT2D eigenvalue weighted by Crippen LogP contribution is 2.29. The fraction of sp³-hybridized carbons (Fsp3) is 0.444. The Balaban J connectivity index is 1.66. The van der Waals surface area contributed by atoms with Gasteiger partial charge in [-0.2, -0.15) is 4.98 Å². The van der Waals surface area contributed by atoms with Gasteiger partial charge in [-0.05, 0) is 47.9 Å². The molecule has 0 saturated heterocycles. The largest absolute Gasteiger partial charge is 0.481 e. The monoisotopic (exact) mass is 449 g/mol. The summed E-state index contributed by atoms with van der Waals surface area (Å²) in [4.78, 5) is 19.0. The summed E-state index contributed by atoms with van der Waals surface area (Å²) in [7, 11) is 1.71. The normalized spacial score (nSPS) is 12.6. The molecule has 3 aromatic rings. The van der Waals surface area contributed by atoms with Gasteiger partial charge in [0.25, 0.3) is 5.91 Å². The van der Waals surface area contributed by atoms with Crippen molar-refractivity contribution in [3.8, 4) is 17.1 Å². The zero-order chi connectivity index (χ0) is 24.3. The van der Waals surface area contributed by atoms with E-state index in [1.807, 2.05) is 25.1 Å². The highest BCUT2D eigenvalue weighted by Gasteiger charge is 2.23. The molecule has 1 heterocycles. The molecule has 6 heteroatoms. The average molecular weight is 450 g/mol. The Bertz CT molecular complexity index is 1090. The third-order valence-electron chi connectivity index (χ3n) is 5.67. The highest BCUT2D eigenvalue weighted by molar-refractivity contribution is 5.80. The van der Waals surface area contributed by atoms with Crippen LogP contribution >= 0.6 is 0 Å². The predicted octanol–water partition coefficient (Wildman–Crippen LogP) is 5.89. The number of aromatic nitrogens is 2. The van der Waals surface area contributed by atoms with Gasteiger partial charge in [-0.1, -0.05) is 76.2 Å². The SMILES string of the molecule is Cc1ccc(C(C)C)c(O[C@@H](C)C(=O)N(C)Cc2nc(-c3ccc(C(C)(C)C)cc3)no2)c1. The molecule has 0 bridgehead atoms. The molecule has 1 atom stereocenters. The summed E-state index contributed by atoms with van der Waals surface area (Å²) in [5, 5.41) is 4.09. The molecule has 0 aliphatic rings. The molecule has 0 unspecified atom stereocenters. The van der Waals surface area contributed by atoms with E-state index in [-0.39, 0.29) is 17.9 Å². The summed E-state index contributed by atoms with van der Waals surface area (Å²) in [5.41, 5.74) is 4.38. The van der Waals surface area contributed by atoms with E-state index in [2.05, 4.69) is 69.0 Å². The van der Waals surface area contributed by atoms with Crippen LogP contribution in [0.3, 0.4) is 0 Å². The van der Waals surface area contributed by atoms with E-state index < -0.39 is 6.10 Å². The maximum absolute atomic E-state index is 12.9. The number of rotatable bonds is 7. The molecular weight excluding hydrogens is 414 g/mol. The van der Waals surface area contributed by atoms with Crippen molar-refractivity contribution in [1.29, 1.82) is 0 Å². The third-order valence-corrected chi connectivity index (χ3v) is 5.67. The van der Waals surface area contributed by atoms with Crippen LogP contribution in [0.2, 0.25) is 0 Å². The first-order valence-electron chi connectivity index (χ1n) is 11.4. The van der Waals surface area contributed by atoms with E-state index in [1.54, 1.807) is 18.9 Å². The Hall–Kier alpha value is -3.15. The smallest absolute Gasteiger partial charge is 0.263 e. The van der Waals surface area contributed by atoms with Gasteiger partial charge in [0.15, 0.2) is 6.10 Å². The van der Waals surface area contributed by atoms with E-state index in [4.69, 9.17) is 9.26 Å².